The fourth-order valence-corrected chi connectivity index (χ4v) is 4.93. The number of nitrogens with zero attached hydrogens (tertiary/aromatic N) is 5. The number of fused-ring (bicyclic) bond motifs is 2. The van der Waals surface area contributed by atoms with Gasteiger partial charge in [-0.25, -0.2) is 18.7 Å². The van der Waals surface area contributed by atoms with Crippen molar-refractivity contribution in [2.24, 2.45) is 0 Å². The van der Waals surface area contributed by atoms with Crippen LogP contribution in [0.3, 0.4) is 0 Å². The zero-order valence-electron chi connectivity index (χ0n) is 20.3. The van der Waals surface area contributed by atoms with E-state index in [1.54, 1.807) is 32.5 Å². The van der Waals surface area contributed by atoms with Crippen LogP contribution in [-0.2, 0) is 11.3 Å². The standard InChI is InChI=1S/C24H28F2N8O2/c1-12-29-21-18(34(12)11-19(25)26)8-14(9-27-21)17-10-28-22-20(17)23(36-3)33-24(32-22)31-16-6-4-15(5-7-16)30-13(2)35/h8-10,15-16,19H,4-7,11H2,1-3H3,(H,30,35)(H2,28,31,32,33)/t15-,16-. The maximum Gasteiger partial charge on any atom is 0.256 e. The largest absolute Gasteiger partial charge is 0.480 e. The third-order valence-corrected chi connectivity index (χ3v) is 6.59. The Hall–Kier alpha value is -3.83. The fraction of sp³-hybridized carbons (Fsp3) is 0.458. The highest BCUT2D eigenvalue weighted by Gasteiger charge is 2.24. The molecular formula is C24H28F2N8O2. The predicted octanol–water partition coefficient (Wildman–Crippen LogP) is 3.81. The smallest absolute Gasteiger partial charge is 0.256 e. The number of hydrogen-bond donors (Lipinski definition) is 3. The van der Waals surface area contributed by atoms with Crippen LogP contribution in [0, 0.1) is 6.92 Å². The number of ether oxygens (including phenoxy) is 1. The second-order valence-corrected chi connectivity index (χ2v) is 9.10. The molecule has 1 saturated carbocycles. The number of aryl methyl sites for hydroxylation is 1. The van der Waals surface area contributed by atoms with Crippen molar-refractivity contribution in [3.63, 3.8) is 0 Å². The third kappa shape index (κ3) is 4.67. The van der Waals surface area contributed by atoms with Crippen molar-refractivity contribution in [3.8, 4) is 17.0 Å². The first-order chi connectivity index (χ1) is 17.3. The lowest BCUT2D eigenvalue weighted by molar-refractivity contribution is -0.119. The molecule has 0 aliphatic heterocycles. The van der Waals surface area contributed by atoms with Crippen LogP contribution in [-0.4, -0.2) is 61.0 Å². The van der Waals surface area contributed by atoms with E-state index in [0.29, 0.717) is 45.4 Å². The average Bonchev–Trinajstić information content (AvgIpc) is 3.40. The molecule has 12 heteroatoms. The minimum absolute atomic E-state index is 0.00422. The van der Waals surface area contributed by atoms with E-state index in [0.717, 1.165) is 31.2 Å². The molecular weight excluding hydrogens is 470 g/mol. The second kappa shape index (κ2) is 9.67. The number of amides is 1. The van der Waals surface area contributed by atoms with Gasteiger partial charge >= 0.3 is 0 Å². The first-order valence-corrected chi connectivity index (χ1v) is 11.9. The summed E-state index contributed by atoms with van der Waals surface area (Å²) in [7, 11) is 1.55. The Morgan fingerprint density at radius 3 is 2.67 bits per heavy atom. The number of halogens is 2. The van der Waals surface area contributed by atoms with Crippen LogP contribution in [0.5, 0.6) is 5.88 Å². The lowest BCUT2D eigenvalue weighted by Gasteiger charge is -2.29. The van der Waals surface area contributed by atoms with Gasteiger partial charge in [0.25, 0.3) is 6.43 Å². The van der Waals surface area contributed by atoms with Gasteiger partial charge in [0.2, 0.25) is 17.7 Å². The van der Waals surface area contributed by atoms with Crippen LogP contribution >= 0.6 is 0 Å². The Morgan fingerprint density at radius 1 is 1.22 bits per heavy atom. The lowest BCUT2D eigenvalue weighted by Crippen LogP contribution is -2.39. The van der Waals surface area contributed by atoms with Crippen molar-refractivity contribution in [2.45, 2.75) is 64.6 Å². The molecule has 0 spiro atoms. The van der Waals surface area contributed by atoms with Crippen molar-refractivity contribution in [3.05, 3.63) is 24.3 Å². The number of aromatic amines is 1. The molecule has 1 amide bonds. The predicted molar refractivity (Wildman–Crippen MR) is 131 cm³/mol. The molecule has 3 N–H and O–H groups in total. The zero-order chi connectivity index (χ0) is 25.4. The maximum absolute atomic E-state index is 13.1. The van der Waals surface area contributed by atoms with Gasteiger partial charge in [0.05, 0.1) is 24.6 Å². The van der Waals surface area contributed by atoms with Gasteiger partial charge in [-0.1, -0.05) is 0 Å². The summed E-state index contributed by atoms with van der Waals surface area (Å²) in [6, 6.07) is 2.19. The summed E-state index contributed by atoms with van der Waals surface area (Å²) < 4.78 is 33.3. The van der Waals surface area contributed by atoms with E-state index >= 15 is 0 Å². The van der Waals surface area contributed by atoms with Crippen molar-refractivity contribution >= 4 is 34.1 Å². The molecule has 4 aromatic heterocycles. The Balaban J connectivity index is 1.43. The number of H-pyrrole nitrogens is 1. The number of methoxy groups -OCH3 is 1. The van der Waals surface area contributed by atoms with Gasteiger partial charge in [-0.15, -0.1) is 0 Å². The lowest BCUT2D eigenvalue weighted by atomic mass is 9.91. The first kappa shape index (κ1) is 23.9. The number of aromatic nitrogens is 6. The van der Waals surface area contributed by atoms with E-state index in [1.807, 2.05) is 0 Å². The number of alkyl halides is 2. The Morgan fingerprint density at radius 2 is 1.97 bits per heavy atom. The molecule has 1 fully saturated rings. The molecule has 0 aromatic carbocycles. The van der Waals surface area contributed by atoms with Gasteiger partial charge in [-0.2, -0.15) is 9.97 Å². The molecule has 0 bridgehead atoms. The number of imidazole rings is 1. The number of carbonyl (C=O) groups is 1. The second-order valence-electron chi connectivity index (χ2n) is 9.10. The number of anilines is 1. The highest BCUT2D eigenvalue weighted by molar-refractivity contribution is 5.98. The van der Waals surface area contributed by atoms with Crippen molar-refractivity contribution in [1.82, 2.24) is 34.8 Å². The molecule has 0 unspecified atom stereocenters. The van der Waals surface area contributed by atoms with E-state index in [2.05, 4.69) is 35.6 Å². The summed E-state index contributed by atoms with van der Waals surface area (Å²) in [6.07, 6.45) is 4.50. The molecule has 5 rings (SSSR count). The number of carbonyl (C=O) groups excluding carboxylic acids is 1. The normalized spacial score (nSPS) is 18.2. The maximum atomic E-state index is 13.1. The molecule has 4 aromatic rings. The highest BCUT2D eigenvalue weighted by atomic mass is 19.3. The molecule has 0 saturated heterocycles. The minimum Gasteiger partial charge on any atom is -0.480 e. The van der Waals surface area contributed by atoms with Gasteiger partial charge < -0.3 is 24.9 Å². The number of rotatable bonds is 7. The molecule has 190 valence electrons. The van der Waals surface area contributed by atoms with Gasteiger partial charge in [0, 0.05) is 42.5 Å². The fourth-order valence-electron chi connectivity index (χ4n) is 4.93. The zero-order valence-corrected chi connectivity index (χ0v) is 20.3. The van der Waals surface area contributed by atoms with Crippen LogP contribution in [0.15, 0.2) is 18.5 Å². The van der Waals surface area contributed by atoms with E-state index < -0.39 is 13.0 Å². The van der Waals surface area contributed by atoms with Crippen molar-refractivity contribution in [1.29, 1.82) is 0 Å². The monoisotopic (exact) mass is 498 g/mol. The summed E-state index contributed by atoms with van der Waals surface area (Å²) in [4.78, 5) is 32.4. The number of hydrogen-bond acceptors (Lipinski definition) is 7. The Kier molecular flexibility index (Phi) is 6.42. The van der Waals surface area contributed by atoms with Crippen LogP contribution < -0.4 is 15.4 Å². The molecule has 1 aliphatic rings. The minimum atomic E-state index is -2.50. The molecule has 1 aliphatic carbocycles. The summed E-state index contributed by atoms with van der Waals surface area (Å²) >= 11 is 0. The van der Waals surface area contributed by atoms with Crippen LogP contribution in [0.4, 0.5) is 14.7 Å². The van der Waals surface area contributed by atoms with Crippen LogP contribution in [0.25, 0.3) is 33.3 Å². The van der Waals surface area contributed by atoms with E-state index in [9.17, 15) is 13.6 Å². The summed E-state index contributed by atoms with van der Waals surface area (Å²) in [5, 5.41) is 7.05. The third-order valence-electron chi connectivity index (χ3n) is 6.59. The van der Waals surface area contributed by atoms with E-state index in [1.165, 1.54) is 11.5 Å². The van der Waals surface area contributed by atoms with Gasteiger partial charge in [-0.3, -0.25) is 4.79 Å². The summed E-state index contributed by atoms with van der Waals surface area (Å²) in [5.41, 5.74) is 3.00. The first-order valence-electron chi connectivity index (χ1n) is 11.9. The van der Waals surface area contributed by atoms with Gasteiger partial charge in [-0.05, 0) is 38.7 Å². The summed E-state index contributed by atoms with van der Waals surface area (Å²) in [6.45, 7) is 2.78. The number of pyridine rings is 1. The molecule has 0 radical (unpaired) electrons. The Bertz CT molecular complexity index is 1410. The topological polar surface area (TPSA) is 123 Å². The SMILES string of the molecule is COc1nc(N[C@H]2CC[C@H](NC(C)=O)CC2)nc2[nH]cc(-c3cnc4nc(C)n(CC(F)F)c4c3)c12. The van der Waals surface area contributed by atoms with Gasteiger partial charge in [0.1, 0.15) is 11.5 Å². The van der Waals surface area contributed by atoms with Crippen molar-refractivity contribution in [2.75, 3.05) is 12.4 Å². The van der Waals surface area contributed by atoms with Crippen LogP contribution in [0.1, 0.15) is 38.4 Å². The van der Waals surface area contributed by atoms with E-state index in [4.69, 9.17) is 4.74 Å². The number of nitrogens with one attached hydrogen (secondary N) is 3. The molecule has 36 heavy (non-hydrogen) atoms. The van der Waals surface area contributed by atoms with Gasteiger partial charge in [0.15, 0.2) is 5.65 Å². The highest BCUT2D eigenvalue weighted by Crippen LogP contribution is 2.35. The Labute approximate surface area is 205 Å². The summed E-state index contributed by atoms with van der Waals surface area (Å²) in [5.74, 6) is 1.32. The molecule has 10 nitrogen and oxygen atoms in total. The van der Waals surface area contributed by atoms with Crippen molar-refractivity contribution < 1.29 is 18.3 Å². The molecule has 0 atom stereocenters. The molecule has 4 heterocycles. The average molecular weight is 499 g/mol. The quantitative estimate of drug-likeness (QED) is 0.354. The van der Waals surface area contributed by atoms with E-state index in [-0.39, 0.29) is 18.0 Å². The van der Waals surface area contributed by atoms with Crippen LogP contribution in [0.2, 0.25) is 0 Å².